The Balaban J connectivity index is 1.87. The molecule has 1 aromatic carbocycles. The highest BCUT2D eigenvalue weighted by molar-refractivity contribution is 9.10. The minimum Gasteiger partial charge on any atom is -0.467 e. The van der Waals surface area contributed by atoms with E-state index in [1.165, 1.54) is 0 Å². The molecule has 0 aliphatic rings. The number of fused-ring (bicyclic) bond motifs is 1. The summed E-state index contributed by atoms with van der Waals surface area (Å²) in [4.78, 5) is 4.59. The SMILES string of the molecule is OCCC(Nc1ccc2cc(Br)ccc2n1)c1ccco1. The fourth-order valence-electron chi connectivity index (χ4n) is 2.26. The van der Waals surface area contributed by atoms with Crippen LogP contribution in [0.1, 0.15) is 18.2 Å². The largest absolute Gasteiger partial charge is 0.467 e. The zero-order valence-corrected chi connectivity index (χ0v) is 12.9. The number of aliphatic hydroxyl groups is 1. The summed E-state index contributed by atoms with van der Waals surface area (Å²) in [6, 6.07) is 13.6. The summed E-state index contributed by atoms with van der Waals surface area (Å²) in [5.41, 5.74) is 0.922. The number of benzene rings is 1. The highest BCUT2D eigenvalue weighted by atomic mass is 79.9. The Morgan fingerprint density at radius 1 is 1.24 bits per heavy atom. The minimum absolute atomic E-state index is 0.0822. The summed E-state index contributed by atoms with van der Waals surface area (Å²) in [6.07, 6.45) is 2.19. The lowest BCUT2D eigenvalue weighted by molar-refractivity contribution is 0.273. The average Bonchev–Trinajstić information content (AvgIpc) is 3.01. The van der Waals surface area contributed by atoms with Gasteiger partial charge in [0.15, 0.2) is 0 Å². The molecule has 5 heteroatoms. The van der Waals surface area contributed by atoms with Gasteiger partial charge in [0.05, 0.1) is 17.8 Å². The Morgan fingerprint density at radius 2 is 2.14 bits per heavy atom. The van der Waals surface area contributed by atoms with Gasteiger partial charge in [0, 0.05) is 16.5 Å². The number of hydrogen-bond acceptors (Lipinski definition) is 4. The van der Waals surface area contributed by atoms with Crippen molar-refractivity contribution in [1.82, 2.24) is 4.98 Å². The highest BCUT2D eigenvalue weighted by Crippen LogP contribution is 2.24. The summed E-state index contributed by atoms with van der Waals surface area (Å²) in [7, 11) is 0. The molecule has 0 radical (unpaired) electrons. The number of nitrogens with zero attached hydrogens (tertiary/aromatic N) is 1. The summed E-state index contributed by atoms with van der Waals surface area (Å²) in [6.45, 7) is 0.0822. The van der Waals surface area contributed by atoms with Crippen LogP contribution in [-0.4, -0.2) is 16.7 Å². The van der Waals surface area contributed by atoms with Gasteiger partial charge in [-0.05, 0) is 48.9 Å². The Bertz CT molecular complexity index is 728. The molecule has 0 spiro atoms. The lowest BCUT2D eigenvalue weighted by atomic mass is 10.1. The van der Waals surface area contributed by atoms with Gasteiger partial charge in [-0.15, -0.1) is 0 Å². The Kier molecular flexibility index (Phi) is 4.22. The molecule has 0 saturated heterocycles. The van der Waals surface area contributed by atoms with Crippen molar-refractivity contribution in [3.8, 4) is 0 Å². The van der Waals surface area contributed by atoms with E-state index in [1.54, 1.807) is 6.26 Å². The lowest BCUT2D eigenvalue weighted by Gasteiger charge is -2.16. The maximum Gasteiger partial charge on any atom is 0.127 e. The second-order valence-electron chi connectivity index (χ2n) is 4.76. The van der Waals surface area contributed by atoms with Crippen LogP contribution in [-0.2, 0) is 0 Å². The van der Waals surface area contributed by atoms with Crippen molar-refractivity contribution in [2.24, 2.45) is 0 Å². The normalized spacial score (nSPS) is 12.5. The van der Waals surface area contributed by atoms with Gasteiger partial charge >= 0.3 is 0 Å². The van der Waals surface area contributed by atoms with Crippen LogP contribution in [0.3, 0.4) is 0 Å². The zero-order valence-electron chi connectivity index (χ0n) is 11.3. The van der Waals surface area contributed by atoms with Gasteiger partial charge in [-0.25, -0.2) is 4.98 Å². The molecule has 2 N–H and O–H groups in total. The first-order valence-corrected chi connectivity index (χ1v) is 7.52. The van der Waals surface area contributed by atoms with Crippen molar-refractivity contribution in [3.05, 3.63) is 59.0 Å². The van der Waals surface area contributed by atoms with E-state index in [1.807, 2.05) is 42.5 Å². The summed E-state index contributed by atoms with van der Waals surface area (Å²) < 4.78 is 6.45. The van der Waals surface area contributed by atoms with Crippen molar-refractivity contribution in [3.63, 3.8) is 0 Å². The van der Waals surface area contributed by atoms with Crippen molar-refractivity contribution in [2.75, 3.05) is 11.9 Å². The van der Waals surface area contributed by atoms with Crippen LogP contribution in [0.25, 0.3) is 10.9 Å². The second kappa shape index (κ2) is 6.28. The third-order valence-electron chi connectivity index (χ3n) is 3.28. The molecule has 1 atom stereocenters. The van der Waals surface area contributed by atoms with E-state index in [4.69, 9.17) is 4.42 Å². The number of nitrogens with one attached hydrogen (secondary N) is 1. The topological polar surface area (TPSA) is 58.3 Å². The van der Waals surface area contributed by atoms with Gasteiger partial charge in [-0.1, -0.05) is 15.9 Å². The van der Waals surface area contributed by atoms with E-state index < -0.39 is 0 Å². The number of pyridine rings is 1. The van der Waals surface area contributed by atoms with Crippen molar-refractivity contribution in [2.45, 2.75) is 12.5 Å². The van der Waals surface area contributed by atoms with Crippen LogP contribution in [0, 0.1) is 0 Å². The lowest BCUT2D eigenvalue weighted by Crippen LogP contribution is -2.12. The maximum absolute atomic E-state index is 9.21. The first kappa shape index (κ1) is 14.1. The monoisotopic (exact) mass is 346 g/mol. The van der Waals surface area contributed by atoms with E-state index in [9.17, 15) is 5.11 Å². The van der Waals surface area contributed by atoms with Crippen LogP contribution in [0.5, 0.6) is 0 Å². The minimum atomic E-state index is -0.0922. The van der Waals surface area contributed by atoms with Crippen molar-refractivity contribution < 1.29 is 9.52 Å². The molecule has 0 bridgehead atoms. The van der Waals surface area contributed by atoms with Gasteiger partial charge in [0.25, 0.3) is 0 Å². The second-order valence-corrected chi connectivity index (χ2v) is 5.67. The first-order chi connectivity index (χ1) is 10.3. The van der Waals surface area contributed by atoms with Crippen LogP contribution in [0.2, 0.25) is 0 Å². The predicted octanol–water partition coefficient (Wildman–Crippen LogP) is 4.13. The fourth-order valence-corrected chi connectivity index (χ4v) is 2.64. The molecule has 0 fully saturated rings. The Morgan fingerprint density at radius 3 is 2.90 bits per heavy atom. The molecule has 2 aromatic heterocycles. The number of hydrogen-bond donors (Lipinski definition) is 2. The van der Waals surface area contributed by atoms with Gasteiger partial charge in [0.2, 0.25) is 0 Å². The number of halogens is 1. The van der Waals surface area contributed by atoms with Crippen LogP contribution in [0.15, 0.2) is 57.6 Å². The molecule has 0 aliphatic heterocycles. The molecule has 0 saturated carbocycles. The Labute approximate surface area is 130 Å². The van der Waals surface area contributed by atoms with Gasteiger partial charge in [0.1, 0.15) is 11.6 Å². The first-order valence-electron chi connectivity index (χ1n) is 6.73. The van der Waals surface area contributed by atoms with Crippen molar-refractivity contribution >= 4 is 32.7 Å². The molecule has 2 heterocycles. The third-order valence-corrected chi connectivity index (χ3v) is 3.77. The van der Waals surface area contributed by atoms with Gasteiger partial charge in [-0.2, -0.15) is 0 Å². The molecule has 1 unspecified atom stereocenters. The molecule has 21 heavy (non-hydrogen) atoms. The smallest absolute Gasteiger partial charge is 0.127 e. The molecule has 108 valence electrons. The molecule has 0 aliphatic carbocycles. The van der Waals surface area contributed by atoms with E-state index in [-0.39, 0.29) is 12.6 Å². The van der Waals surface area contributed by atoms with E-state index in [0.29, 0.717) is 6.42 Å². The van der Waals surface area contributed by atoms with Crippen LogP contribution >= 0.6 is 15.9 Å². The van der Waals surface area contributed by atoms with Gasteiger partial charge in [-0.3, -0.25) is 0 Å². The van der Waals surface area contributed by atoms with Crippen LogP contribution < -0.4 is 5.32 Å². The van der Waals surface area contributed by atoms with E-state index in [0.717, 1.165) is 27.0 Å². The molecule has 0 amide bonds. The molecule has 3 aromatic rings. The number of anilines is 1. The maximum atomic E-state index is 9.21. The average molecular weight is 347 g/mol. The Hall–Kier alpha value is -1.85. The zero-order chi connectivity index (χ0) is 14.7. The van der Waals surface area contributed by atoms with E-state index in [2.05, 4.69) is 26.2 Å². The number of furan rings is 1. The van der Waals surface area contributed by atoms with Crippen molar-refractivity contribution in [1.29, 1.82) is 0 Å². The number of rotatable bonds is 5. The van der Waals surface area contributed by atoms with Crippen LogP contribution in [0.4, 0.5) is 5.82 Å². The number of aliphatic hydroxyl groups excluding tert-OH is 1. The third kappa shape index (κ3) is 3.25. The molecule has 4 nitrogen and oxygen atoms in total. The molecular weight excluding hydrogens is 332 g/mol. The summed E-state index contributed by atoms with van der Waals surface area (Å²) in [5, 5.41) is 13.6. The standard InChI is InChI=1S/C16H15BrN2O2/c17-12-4-5-13-11(10-12)3-6-16(18-13)19-14(7-8-20)15-2-1-9-21-15/h1-6,9-10,14,20H,7-8H2,(H,18,19). The summed E-state index contributed by atoms with van der Waals surface area (Å²) >= 11 is 3.45. The quantitative estimate of drug-likeness (QED) is 0.729. The summed E-state index contributed by atoms with van der Waals surface area (Å²) in [5.74, 6) is 1.56. The molecule has 3 rings (SSSR count). The van der Waals surface area contributed by atoms with E-state index >= 15 is 0 Å². The molecular formula is C16H15BrN2O2. The van der Waals surface area contributed by atoms with Gasteiger partial charge < -0.3 is 14.8 Å². The number of aromatic nitrogens is 1. The predicted molar refractivity (Wildman–Crippen MR) is 86.2 cm³/mol. The highest BCUT2D eigenvalue weighted by Gasteiger charge is 2.14. The fraction of sp³-hybridized carbons (Fsp3) is 0.188.